The highest BCUT2D eigenvalue weighted by Crippen LogP contribution is 2.44. The summed E-state index contributed by atoms with van der Waals surface area (Å²) in [5.41, 5.74) is 4.80. The summed E-state index contributed by atoms with van der Waals surface area (Å²) in [6.45, 7) is 8.76. The summed E-state index contributed by atoms with van der Waals surface area (Å²) in [6.07, 6.45) is 4.04. The van der Waals surface area contributed by atoms with Crippen molar-refractivity contribution in [2.45, 2.75) is 51.7 Å². The van der Waals surface area contributed by atoms with Crippen LogP contribution in [0, 0.1) is 11.3 Å². The van der Waals surface area contributed by atoms with Crippen LogP contribution >= 0.6 is 0 Å². The minimum absolute atomic E-state index is 0.0208. The van der Waals surface area contributed by atoms with Crippen molar-refractivity contribution < 1.29 is 19.0 Å². The van der Waals surface area contributed by atoms with E-state index in [2.05, 4.69) is 54.4 Å². The average molecular weight is 479 g/mol. The molecule has 2 bridgehead atoms. The van der Waals surface area contributed by atoms with Crippen LogP contribution < -0.4 is 10.1 Å². The molecule has 2 aromatic carbocycles. The van der Waals surface area contributed by atoms with Gasteiger partial charge < -0.3 is 19.5 Å². The zero-order chi connectivity index (χ0) is 24.4. The molecule has 0 saturated carbocycles. The first-order valence-corrected chi connectivity index (χ1v) is 13.0. The topological polar surface area (TPSA) is 60.0 Å². The molecule has 1 aliphatic carbocycles. The van der Waals surface area contributed by atoms with E-state index in [1.54, 1.807) is 7.11 Å². The fourth-order valence-electron chi connectivity index (χ4n) is 5.90. The Hall–Kier alpha value is -2.57. The molecule has 0 radical (unpaired) electrons. The summed E-state index contributed by atoms with van der Waals surface area (Å²) in [4.78, 5) is 15.4. The summed E-state index contributed by atoms with van der Waals surface area (Å²) < 4.78 is 16.7. The molecule has 3 heterocycles. The van der Waals surface area contributed by atoms with E-state index < -0.39 is 0 Å². The van der Waals surface area contributed by atoms with E-state index in [0.717, 1.165) is 56.6 Å². The number of hydrogen-bond donors (Lipinski definition) is 1. The number of aryl methyl sites for hydroxylation is 1. The summed E-state index contributed by atoms with van der Waals surface area (Å²) in [6, 6.07) is 14.8. The van der Waals surface area contributed by atoms with Crippen LogP contribution in [0.3, 0.4) is 0 Å². The van der Waals surface area contributed by atoms with Crippen molar-refractivity contribution in [2.75, 3.05) is 40.0 Å². The quantitative estimate of drug-likeness (QED) is 0.554. The maximum atomic E-state index is 13.0. The van der Waals surface area contributed by atoms with Gasteiger partial charge in [-0.05, 0) is 84.5 Å². The van der Waals surface area contributed by atoms with E-state index in [1.807, 2.05) is 12.1 Å². The van der Waals surface area contributed by atoms with Gasteiger partial charge >= 0.3 is 6.09 Å². The van der Waals surface area contributed by atoms with Crippen molar-refractivity contribution in [3.8, 4) is 16.9 Å². The van der Waals surface area contributed by atoms with E-state index in [-0.39, 0.29) is 23.7 Å². The van der Waals surface area contributed by atoms with E-state index in [9.17, 15) is 4.79 Å². The smallest absolute Gasteiger partial charge is 0.407 e. The number of carbonyl (C=O) groups excluding carboxylic acids is 1. The molecule has 2 aromatic rings. The molecule has 35 heavy (non-hydrogen) atoms. The molecule has 3 fully saturated rings. The number of nitrogens with one attached hydrogen (secondary N) is 1. The van der Waals surface area contributed by atoms with Crippen LogP contribution in [0.1, 0.15) is 50.3 Å². The van der Waals surface area contributed by atoms with Gasteiger partial charge in [0.2, 0.25) is 0 Å². The molecule has 188 valence electrons. The third-order valence-electron chi connectivity index (χ3n) is 8.13. The number of nitrogens with zero attached hydrogens (tertiary/aromatic N) is 1. The molecule has 3 aliphatic heterocycles. The van der Waals surface area contributed by atoms with Crippen LogP contribution in [-0.4, -0.2) is 57.1 Å². The molecule has 3 saturated heterocycles. The summed E-state index contributed by atoms with van der Waals surface area (Å²) >= 11 is 0. The summed E-state index contributed by atoms with van der Waals surface area (Å²) in [5.74, 6) is 1.35. The van der Waals surface area contributed by atoms with Gasteiger partial charge in [-0.1, -0.05) is 44.2 Å². The van der Waals surface area contributed by atoms with Crippen LogP contribution in [0.2, 0.25) is 0 Å². The Morgan fingerprint density at radius 1 is 1.06 bits per heavy atom. The number of fused-ring (bicyclic) bond motifs is 4. The Balaban J connectivity index is 1.29. The largest absolute Gasteiger partial charge is 0.491 e. The number of carbonyl (C=O) groups is 1. The van der Waals surface area contributed by atoms with Crippen molar-refractivity contribution in [3.05, 3.63) is 53.6 Å². The van der Waals surface area contributed by atoms with Crippen molar-refractivity contribution in [2.24, 2.45) is 11.3 Å². The average Bonchev–Trinajstić information content (AvgIpc) is 2.87. The van der Waals surface area contributed by atoms with E-state index in [0.29, 0.717) is 19.1 Å². The zero-order valence-electron chi connectivity index (χ0n) is 21.2. The first-order valence-electron chi connectivity index (χ1n) is 13.0. The third-order valence-corrected chi connectivity index (χ3v) is 8.13. The van der Waals surface area contributed by atoms with Crippen molar-refractivity contribution >= 4 is 6.09 Å². The molecule has 0 spiro atoms. The number of ether oxygens (including phenoxy) is 3. The lowest BCUT2D eigenvalue weighted by molar-refractivity contribution is -0.0353. The highest BCUT2D eigenvalue weighted by Gasteiger charge is 2.40. The fraction of sp³-hybridized carbons (Fsp3) is 0.552. The second-order valence-corrected chi connectivity index (χ2v) is 10.9. The predicted octanol–water partition coefficient (Wildman–Crippen LogP) is 5.21. The monoisotopic (exact) mass is 478 g/mol. The molecule has 1 unspecified atom stereocenters. The lowest BCUT2D eigenvalue weighted by Gasteiger charge is -2.44. The maximum Gasteiger partial charge on any atom is 0.407 e. The van der Waals surface area contributed by atoms with E-state index in [1.165, 1.54) is 16.7 Å². The van der Waals surface area contributed by atoms with Crippen LogP contribution in [0.5, 0.6) is 5.75 Å². The van der Waals surface area contributed by atoms with Gasteiger partial charge in [0.1, 0.15) is 18.5 Å². The molecule has 4 aliphatic rings. The molecule has 6 rings (SSSR count). The fourth-order valence-corrected chi connectivity index (χ4v) is 5.90. The molecule has 6 heteroatoms. The SMILES string of the molecule is COCCOc1ccc(-c2ccc3c(c2)CCC(C)(C)C3NC(=O)O[C@@H]2CN3CCC2CC3)cc1. The van der Waals surface area contributed by atoms with Gasteiger partial charge in [-0.2, -0.15) is 0 Å². The van der Waals surface area contributed by atoms with Crippen molar-refractivity contribution in [1.29, 1.82) is 0 Å². The number of rotatable bonds is 7. The minimum atomic E-state index is -0.275. The molecule has 1 N–H and O–H groups in total. The summed E-state index contributed by atoms with van der Waals surface area (Å²) in [7, 11) is 1.67. The molecular formula is C29H38N2O4. The normalized spacial score (nSPS) is 26.6. The Labute approximate surface area is 208 Å². The number of methoxy groups -OCH3 is 1. The van der Waals surface area contributed by atoms with Gasteiger partial charge in [0.25, 0.3) is 0 Å². The highest BCUT2D eigenvalue weighted by atomic mass is 16.6. The van der Waals surface area contributed by atoms with Crippen LogP contribution in [-0.2, 0) is 15.9 Å². The first kappa shape index (κ1) is 24.1. The minimum Gasteiger partial charge on any atom is -0.491 e. The van der Waals surface area contributed by atoms with Crippen LogP contribution in [0.25, 0.3) is 11.1 Å². The molecule has 1 amide bonds. The van der Waals surface area contributed by atoms with Gasteiger partial charge in [-0.25, -0.2) is 4.79 Å². The van der Waals surface area contributed by atoms with E-state index in [4.69, 9.17) is 14.2 Å². The third kappa shape index (κ3) is 5.34. The molecule has 2 atom stereocenters. The number of amides is 1. The Morgan fingerprint density at radius 2 is 1.80 bits per heavy atom. The first-order chi connectivity index (χ1) is 16.9. The predicted molar refractivity (Wildman–Crippen MR) is 137 cm³/mol. The number of piperidine rings is 3. The lowest BCUT2D eigenvalue weighted by atomic mass is 9.70. The number of hydrogen-bond acceptors (Lipinski definition) is 5. The van der Waals surface area contributed by atoms with Gasteiger partial charge in [0.05, 0.1) is 12.6 Å². The Bertz CT molecular complexity index is 1030. The molecule has 0 aromatic heterocycles. The Kier molecular flexibility index (Phi) is 7.03. The second kappa shape index (κ2) is 10.2. The van der Waals surface area contributed by atoms with Crippen molar-refractivity contribution in [3.63, 3.8) is 0 Å². The maximum absolute atomic E-state index is 13.0. The van der Waals surface area contributed by atoms with Crippen LogP contribution in [0.4, 0.5) is 4.79 Å². The number of benzene rings is 2. The van der Waals surface area contributed by atoms with Gasteiger partial charge in [0, 0.05) is 13.7 Å². The highest BCUT2D eigenvalue weighted by molar-refractivity contribution is 5.70. The van der Waals surface area contributed by atoms with Gasteiger partial charge in [-0.3, -0.25) is 4.90 Å². The number of alkyl carbamates (subject to hydrolysis) is 1. The van der Waals surface area contributed by atoms with E-state index >= 15 is 0 Å². The standard InChI is InChI=1S/C29H38N2O4/c1-29(2)13-10-23-18-22(20-4-7-24(8-5-20)34-17-16-33-3)6-9-25(23)27(29)30-28(32)35-26-19-31-14-11-21(26)12-15-31/h4-9,18,21,26-27H,10-17,19H2,1-3H3,(H,30,32)/t26-,27?/m1/s1. The van der Waals surface area contributed by atoms with Gasteiger partial charge in [-0.15, -0.1) is 0 Å². The molecule has 6 nitrogen and oxygen atoms in total. The lowest BCUT2D eigenvalue weighted by Crippen LogP contribution is -2.53. The molecular weight excluding hydrogens is 440 g/mol. The zero-order valence-corrected chi connectivity index (χ0v) is 21.2. The van der Waals surface area contributed by atoms with Crippen molar-refractivity contribution in [1.82, 2.24) is 10.2 Å². The van der Waals surface area contributed by atoms with Crippen LogP contribution in [0.15, 0.2) is 42.5 Å². The Morgan fingerprint density at radius 3 is 2.49 bits per heavy atom. The van der Waals surface area contributed by atoms with Gasteiger partial charge in [0.15, 0.2) is 0 Å². The summed E-state index contributed by atoms with van der Waals surface area (Å²) in [5, 5.41) is 3.26. The second-order valence-electron chi connectivity index (χ2n) is 10.9.